The van der Waals surface area contributed by atoms with Crippen LogP contribution in [0.2, 0.25) is 0 Å². The van der Waals surface area contributed by atoms with Gasteiger partial charge in [-0.15, -0.1) is 0 Å². The van der Waals surface area contributed by atoms with Crippen LogP contribution in [0.1, 0.15) is 45.2 Å². The van der Waals surface area contributed by atoms with Gasteiger partial charge in [-0.25, -0.2) is 9.18 Å². The molecule has 2 unspecified atom stereocenters. The van der Waals surface area contributed by atoms with Crippen LogP contribution in [0.15, 0.2) is 18.2 Å². The minimum absolute atomic E-state index is 0.139. The standard InChI is InChI=1S/C16H25FN2O3/c1-5-8-16(3,10-20)19-15(21)18-11(2)12-6-7-14(22-4)13(17)9-12/h6-7,9,11,20H,5,8,10H2,1-4H3,(H2,18,19,21). The average Bonchev–Trinajstić information content (AvgIpc) is 2.47. The fourth-order valence-corrected chi connectivity index (χ4v) is 2.27. The summed E-state index contributed by atoms with van der Waals surface area (Å²) in [7, 11) is 1.40. The molecule has 1 rings (SSSR count). The highest BCUT2D eigenvalue weighted by atomic mass is 19.1. The number of methoxy groups -OCH3 is 1. The molecule has 0 bridgehead atoms. The Labute approximate surface area is 130 Å². The lowest BCUT2D eigenvalue weighted by atomic mass is 9.97. The maximum atomic E-state index is 13.7. The molecule has 124 valence electrons. The molecule has 0 saturated heterocycles. The van der Waals surface area contributed by atoms with Gasteiger partial charge in [-0.3, -0.25) is 0 Å². The number of ether oxygens (including phenoxy) is 1. The zero-order chi connectivity index (χ0) is 16.8. The zero-order valence-electron chi connectivity index (χ0n) is 13.6. The van der Waals surface area contributed by atoms with Crippen molar-refractivity contribution < 1.29 is 19.0 Å². The van der Waals surface area contributed by atoms with Gasteiger partial charge in [-0.2, -0.15) is 0 Å². The van der Waals surface area contributed by atoms with Gasteiger partial charge < -0.3 is 20.5 Å². The van der Waals surface area contributed by atoms with Crippen LogP contribution >= 0.6 is 0 Å². The third-order valence-corrected chi connectivity index (χ3v) is 3.59. The molecule has 3 N–H and O–H groups in total. The van der Waals surface area contributed by atoms with E-state index in [0.717, 1.165) is 6.42 Å². The van der Waals surface area contributed by atoms with E-state index in [1.165, 1.54) is 19.2 Å². The predicted octanol–water partition coefficient (Wildman–Crippen LogP) is 2.75. The number of carbonyl (C=O) groups excluding carboxylic acids is 1. The number of amides is 2. The lowest BCUT2D eigenvalue weighted by Crippen LogP contribution is -2.52. The van der Waals surface area contributed by atoms with Crippen LogP contribution in [0.5, 0.6) is 5.75 Å². The molecule has 2 amide bonds. The first-order valence-electron chi connectivity index (χ1n) is 7.38. The third kappa shape index (κ3) is 4.87. The Kier molecular flexibility index (Phi) is 6.61. The molecule has 0 saturated carbocycles. The number of benzene rings is 1. The van der Waals surface area contributed by atoms with E-state index in [1.807, 2.05) is 6.92 Å². The van der Waals surface area contributed by atoms with Gasteiger partial charge in [0.15, 0.2) is 11.6 Å². The highest BCUT2D eigenvalue weighted by Crippen LogP contribution is 2.21. The molecule has 0 spiro atoms. The van der Waals surface area contributed by atoms with Crippen molar-refractivity contribution in [2.45, 2.75) is 45.2 Å². The van der Waals surface area contributed by atoms with Gasteiger partial charge in [0, 0.05) is 0 Å². The number of carbonyl (C=O) groups is 1. The molecule has 0 aliphatic rings. The minimum Gasteiger partial charge on any atom is -0.494 e. The minimum atomic E-state index is -0.663. The number of aliphatic hydroxyl groups excluding tert-OH is 1. The van der Waals surface area contributed by atoms with Crippen LogP contribution in [-0.2, 0) is 0 Å². The normalized spacial score (nSPS) is 14.8. The molecule has 1 aromatic rings. The summed E-state index contributed by atoms with van der Waals surface area (Å²) in [5.74, 6) is -0.309. The van der Waals surface area contributed by atoms with Gasteiger partial charge in [0.25, 0.3) is 0 Å². The van der Waals surface area contributed by atoms with Crippen LogP contribution in [0.3, 0.4) is 0 Å². The molecule has 0 aliphatic heterocycles. The zero-order valence-corrected chi connectivity index (χ0v) is 13.6. The summed E-state index contributed by atoms with van der Waals surface area (Å²) < 4.78 is 18.6. The van der Waals surface area contributed by atoms with E-state index in [-0.39, 0.29) is 18.4 Å². The number of nitrogens with one attached hydrogen (secondary N) is 2. The first kappa shape index (κ1) is 18.2. The summed E-state index contributed by atoms with van der Waals surface area (Å²) in [4.78, 5) is 12.0. The van der Waals surface area contributed by atoms with Gasteiger partial charge >= 0.3 is 6.03 Å². The van der Waals surface area contributed by atoms with E-state index in [4.69, 9.17) is 4.74 Å². The summed E-state index contributed by atoms with van der Waals surface area (Å²) in [6.07, 6.45) is 1.51. The van der Waals surface area contributed by atoms with Crippen molar-refractivity contribution in [3.63, 3.8) is 0 Å². The molecule has 22 heavy (non-hydrogen) atoms. The Morgan fingerprint density at radius 2 is 2.18 bits per heavy atom. The monoisotopic (exact) mass is 312 g/mol. The second kappa shape index (κ2) is 7.98. The lowest BCUT2D eigenvalue weighted by Gasteiger charge is -2.29. The second-order valence-electron chi connectivity index (χ2n) is 5.68. The third-order valence-electron chi connectivity index (χ3n) is 3.59. The summed E-state index contributed by atoms with van der Waals surface area (Å²) >= 11 is 0. The maximum Gasteiger partial charge on any atom is 0.315 e. The van der Waals surface area contributed by atoms with Crippen molar-refractivity contribution in [1.29, 1.82) is 0 Å². The Morgan fingerprint density at radius 1 is 1.50 bits per heavy atom. The molecular formula is C16H25FN2O3. The SMILES string of the molecule is CCCC(C)(CO)NC(=O)NC(C)c1ccc(OC)c(F)c1. The van der Waals surface area contributed by atoms with Gasteiger partial charge in [-0.05, 0) is 38.0 Å². The highest BCUT2D eigenvalue weighted by Gasteiger charge is 2.25. The molecule has 0 aromatic heterocycles. The number of hydrogen-bond acceptors (Lipinski definition) is 3. The molecule has 0 aliphatic carbocycles. The average molecular weight is 312 g/mol. The Hall–Kier alpha value is -1.82. The van der Waals surface area contributed by atoms with E-state index >= 15 is 0 Å². The van der Waals surface area contributed by atoms with Crippen LogP contribution in [0, 0.1) is 5.82 Å². The molecule has 0 fully saturated rings. The van der Waals surface area contributed by atoms with Crippen molar-refractivity contribution in [1.82, 2.24) is 10.6 Å². The number of halogens is 1. The van der Waals surface area contributed by atoms with Crippen LogP contribution in [0.25, 0.3) is 0 Å². The number of rotatable bonds is 7. The Balaban J connectivity index is 2.69. The molecule has 0 heterocycles. The topological polar surface area (TPSA) is 70.6 Å². The van der Waals surface area contributed by atoms with Crippen LogP contribution in [-0.4, -0.2) is 30.4 Å². The summed E-state index contributed by atoms with van der Waals surface area (Å²) in [5.41, 5.74) is -0.0291. The largest absolute Gasteiger partial charge is 0.494 e. The Morgan fingerprint density at radius 3 is 2.68 bits per heavy atom. The Bertz CT molecular complexity index is 510. The molecule has 5 nitrogen and oxygen atoms in total. The van der Waals surface area contributed by atoms with Crippen molar-refractivity contribution in [3.8, 4) is 5.75 Å². The van der Waals surface area contributed by atoms with Crippen molar-refractivity contribution in [2.24, 2.45) is 0 Å². The summed E-state index contributed by atoms with van der Waals surface area (Å²) in [6.45, 7) is 5.39. The predicted molar refractivity (Wildman–Crippen MR) is 83.4 cm³/mol. The van der Waals surface area contributed by atoms with E-state index < -0.39 is 17.4 Å². The van der Waals surface area contributed by atoms with E-state index in [0.29, 0.717) is 12.0 Å². The number of aliphatic hydroxyl groups is 1. The maximum absolute atomic E-state index is 13.7. The van der Waals surface area contributed by atoms with Crippen molar-refractivity contribution >= 4 is 6.03 Å². The van der Waals surface area contributed by atoms with Crippen LogP contribution < -0.4 is 15.4 Å². The van der Waals surface area contributed by atoms with Gasteiger partial charge in [-0.1, -0.05) is 19.4 Å². The quantitative estimate of drug-likeness (QED) is 0.725. The number of hydrogen-bond donors (Lipinski definition) is 3. The van der Waals surface area contributed by atoms with Crippen molar-refractivity contribution in [3.05, 3.63) is 29.6 Å². The van der Waals surface area contributed by atoms with Gasteiger partial charge in [0.2, 0.25) is 0 Å². The molecule has 2 atom stereocenters. The molecular weight excluding hydrogens is 287 g/mol. The highest BCUT2D eigenvalue weighted by molar-refractivity contribution is 5.75. The first-order chi connectivity index (χ1) is 10.3. The van der Waals surface area contributed by atoms with Crippen LogP contribution in [0.4, 0.5) is 9.18 Å². The second-order valence-corrected chi connectivity index (χ2v) is 5.68. The van der Waals surface area contributed by atoms with E-state index in [9.17, 15) is 14.3 Å². The van der Waals surface area contributed by atoms with Crippen molar-refractivity contribution in [2.75, 3.05) is 13.7 Å². The van der Waals surface area contributed by atoms with E-state index in [2.05, 4.69) is 10.6 Å². The fourth-order valence-electron chi connectivity index (χ4n) is 2.27. The fraction of sp³-hybridized carbons (Fsp3) is 0.562. The van der Waals surface area contributed by atoms with E-state index in [1.54, 1.807) is 19.9 Å². The lowest BCUT2D eigenvalue weighted by molar-refractivity contribution is 0.162. The molecule has 6 heteroatoms. The molecule has 1 aromatic carbocycles. The summed E-state index contributed by atoms with van der Waals surface area (Å²) in [6, 6.07) is 3.79. The van der Waals surface area contributed by atoms with Gasteiger partial charge in [0.05, 0.1) is 25.3 Å². The first-order valence-corrected chi connectivity index (χ1v) is 7.38. The molecule has 0 radical (unpaired) electrons. The number of urea groups is 1. The van der Waals surface area contributed by atoms with Gasteiger partial charge in [0.1, 0.15) is 0 Å². The smallest absolute Gasteiger partial charge is 0.315 e. The summed E-state index contributed by atoms with van der Waals surface area (Å²) in [5, 5.41) is 14.9.